The molecule has 1 atom stereocenters. The van der Waals surface area contributed by atoms with Crippen molar-refractivity contribution >= 4 is 15.9 Å². The molecule has 0 amide bonds. The van der Waals surface area contributed by atoms with Crippen LogP contribution in [0.5, 0.6) is 11.5 Å². The SMILES string of the molecule is CN[C@H](C)Cc1cc(OC)c(Br)cc1OC. The molecule has 0 spiro atoms. The van der Waals surface area contributed by atoms with Gasteiger partial charge >= 0.3 is 0 Å². The summed E-state index contributed by atoms with van der Waals surface area (Å²) in [5.74, 6) is 1.72. The minimum absolute atomic E-state index is 0.403. The number of nitrogens with one attached hydrogen (secondary N) is 1. The average molecular weight is 288 g/mol. The standard InChI is InChI=1S/C12H18BrNO2/c1-8(14-2)5-9-6-12(16-4)10(13)7-11(9)15-3/h6-8,14H,5H2,1-4H3/t8-/m1/s1. The van der Waals surface area contributed by atoms with Gasteiger partial charge in [0, 0.05) is 6.04 Å². The summed E-state index contributed by atoms with van der Waals surface area (Å²) >= 11 is 3.44. The van der Waals surface area contributed by atoms with Gasteiger partial charge < -0.3 is 14.8 Å². The largest absolute Gasteiger partial charge is 0.496 e. The quantitative estimate of drug-likeness (QED) is 0.903. The van der Waals surface area contributed by atoms with Gasteiger partial charge in [-0.25, -0.2) is 0 Å². The van der Waals surface area contributed by atoms with Crippen LogP contribution >= 0.6 is 15.9 Å². The van der Waals surface area contributed by atoms with Crippen LogP contribution in [-0.2, 0) is 6.42 Å². The number of hydrogen-bond acceptors (Lipinski definition) is 3. The lowest BCUT2D eigenvalue weighted by molar-refractivity contribution is 0.394. The number of ether oxygens (including phenoxy) is 2. The summed E-state index contributed by atoms with van der Waals surface area (Å²) in [6, 6.07) is 4.35. The first-order chi connectivity index (χ1) is 7.62. The monoisotopic (exact) mass is 287 g/mol. The highest BCUT2D eigenvalue weighted by Gasteiger charge is 2.11. The zero-order valence-electron chi connectivity index (χ0n) is 10.1. The van der Waals surface area contributed by atoms with Gasteiger partial charge in [0.05, 0.1) is 18.7 Å². The van der Waals surface area contributed by atoms with Gasteiger partial charge in [0.2, 0.25) is 0 Å². The van der Waals surface area contributed by atoms with E-state index in [4.69, 9.17) is 9.47 Å². The van der Waals surface area contributed by atoms with Crippen LogP contribution in [0.1, 0.15) is 12.5 Å². The molecule has 0 unspecified atom stereocenters. The molecule has 1 rings (SSSR count). The van der Waals surface area contributed by atoms with Crippen molar-refractivity contribution < 1.29 is 9.47 Å². The Morgan fingerprint density at radius 3 is 2.38 bits per heavy atom. The van der Waals surface area contributed by atoms with Crippen molar-refractivity contribution in [2.45, 2.75) is 19.4 Å². The van der Waals surface area contributed by atoms with Crippen LogP contribution in [0.25, 0.3) is 0 Å². The number of methoxy groups -OCH3 is 2. The third kappa shape index (κ3) is 3.12. The van der Waals surface area contributed by atoms with E-state index in [1.807, 2.05) is 19.2 Å². The summed E-state index contributed by atoms with van der Waals surface area (Å²) in [7, 11) is 5.30. The lowest BCUT2D eigenvalue weighted by atomic mass is 10.1. The van der Waals surface area contributed by atoms with Crippen LogP contribution in [0.3, 0.4) is 0 Å². The van der Waals surface area contributed by atoms with E-state index in [2.05, 4.69) is 28.2 Å². The molecule has 1 aromatic carbocycles. The number of rotatable bonds is 5. The Kier molecular flexibility index (Phi) is 5.09. The van der Waals surface area contributed by atoms with Crippen molar-refractivity contribution in [3.8, 4) is 11.5 Å². The Morgan fingerprint density at radius 1 is 1.25 bits per heavy atom. The second-order valence-corrected chi connectivity index (χ2v) is 4.55. The summed E-state index contributed by atoms with van der Waals surface area (Å²) < 4.78 is 11.5. The summed E-state index contributed by atoms with van der Waals surface area (Å²) in [4.78, 5) is 0. The molecule has 3 nitrogen and oxygen atoms in total. The van der Waals surface area contributed by atoms with Crippen LogP contribution in [0.2, 0.25) is 0 Å². The van der Waals surface area contributed by atoms with Gasteiger partial charge in [0.1, 0.15) is 11.5 Å². The van der Waals surface area contributed by atoms with E-state index in [0.29, 0.717) is 6.04 Å². The van der Waals surface area contributed by atoms with Gasteiger partial charge in [-0.1, -0.05) is 0 Å². The van der Waals surface area contributed by atoms with Crippen LogP contribution in [0.15, 0.2) is 16.6 Å². The maximum absolute atomic E-state index is 5.36. The molecule has 0 saturated carbocycles. The number of hydrogen-bond donors (Lipinski definition) is 1. The molecule has 0 aliphatic rings. The second kappa shape index (κ2) is 6.11. The van der Waals surface area contributed by atoms with E-state index < -0.39 is 0 Å². The minimum atomic E-state index is 0.403. The highest BCUT2D eigenvalue weighted by atomic mass is 79.9. The predicted molar refractivity (Wildman–Crippen MR) is 69.5 cm³/mol. The number of likely N-dealkylation sites (N-methyl/N-ethyl adjacent to an activating group) is 1. The van der Waals surface area contributed by atoms with Crippen molar-refractivity contribution in [1.29, 1.82) is 0 Å². The number of halogens is 1. The summed E-state index contributed by atoms with van der Waals surface area (Å²) in [5.41, 5.74) is 1.14. The average Bonchev–Trinajstić information content (AvgIpc) is 2.30. The zero-order valence-corrected chi connectivity index (χ0v) is 11.7. The fourth-order valence-corrected chi connectivity index (χ4v) is 2.00. The minimum Gasteiger partial charge on any atom is -0.496 e. The Morgan fingerprint density at radius 2 is 1.88 bits per heavy atom. The third-order valence-electron chi connectivity index (χ3n) is 2.57. The molecule has 0 aromatic heterocycles. The fraction of sp³-hybridized carbons (Fsp3) is 0.500. The molecule has 0 saturated heterocycles. The molecule has 1 N–H and O–H groups in total. The van der Waals surface area contributed by atoms with Gasteiger partial charge in [-0.3, -0.25) is 0 Å². The predicted octanol–water partition coefficient (Wildman–Crippen LogP) is 2.62. The fourth-order valence-electron chi connectivity index (χ4n) is 1.52. The molecular weight excluding hydrogens is 270 g/mol. The Bertz CT molecular complexity index is 355. The first kappa shape index (κ1) is 13.3. The third-order valence-corrected chi connectivity index (χ3v) is 3.19. The zero-order chi connectivity index (χ0) is 12.1. The highest BCUT2D eigenvalue weighted by Crippen LogP contribution is 2.33. The summed E-state index contributed by atoms with van der Waals surface area (Å²) in [6.07, 6.45) is 0.906. The Balaban J connectivity index is 3.04. The highest BCUT2D eigenvalue weighted by molar-refractivity contribution is 9.10. The lowest BCUT2D eigenvalue weighted by Gasteiger charge is -2.15. The maximum Gasteiger partial charge on any atom is 0.133 e. The van der Waals surface area contributed by atoms with E-state index >= 15 is 0 Å². The normalized spacial score (nSPS) is 12.3. The maximum atomic E-state index is 5.36. The molecule has 0 fully saturated rings. The van der Waals surface area contributed by atoms with E-state index in [1.54, 1.807) is 14.2 Å². The lowest BCUT2D eigenvalue weighted by Crippen LogP contribution is -2.23. The van der Waals surface area contributed by atoms with Crippen molar-refractivity contribution in [3.05, 3.63) is 22.2 Å². The topological polar surface area (TPSA) is 30.5 Å². The van der Waals surface area contributed by atoms with Gasteiger partial charge in [-0.2, -0.15) is 0 Å². The van der Waals surface area contributed by atoms with Crippen LogP contribution in [0.4, 0.5) is 0 Å². The van der Waals surface area contributed by atoms with Crippen molar-refractivity contribution in [2.75, 3.05) is 21.3 Å². The molecule has 0 aliphatic heterocycles. The summed E-state index contributed by atoms with van der Waals surface area (Å²) in [6.45, 7) is 2.13. The molecule has 90 valence electrons. The van der Waals surface area contributed by atoms with E-state index in [1.165, 1.54) is 0 Å². The van der Waals surface area contributed by atoms with Crippen LogP contribution in [-0.4, -0.2) is 27.3 Å². The van der Waals surface area contributed by atoms with Gasteiger partial charge in [0.15, 0.2) is 0 Å². The Hall–Kier alpha value is -0.740. The molecule has 0 bridgehead atoms. The van der Waals surface area contributed by atoms with Crippen LogP contribution < -0.4 is 14.8 Å². The van der Waals surface area contributed by atoms with E-state index in [-0.39, 0.29) is 0 Å². The van der Waals surface area contributed by atoms with E-state index in [9.17, 15) is 0 Å². The van der Waals surface area contributed by atoms with Crippen molar-refractivity contribution in [1.82, 2.24) is 5.32 Å². The first-order valence-electron chi connectivity index (χ1n) is 5.20. The molecule has 1 aromatic rings. The second-order valence-electron chi connectivity index (χ2n) is 3.69. The van der Waals surface area contributed by atoms with Crippen LogP contribution in [0, 0.1) is 0 Å². The van der Waals surface area contributed by atoms with Gasteiger partial charge in [-0.05, 0) is 54.0 Å². The molecule has 0 aliphatic carbocycles. The molecule has 0 radical (unpaired) electrons. The van der Waals surface area contributed by atoms with Crippen molar-refractivity contribution in [3.63, 3.8) is 0 Å². The molecule has 16 heavy (non-hydrogen) atoms. The summed E-state index contributed by atoms with van der Waals surface area (Å²) in [5, 5.41) is 3.21. The van der Waals surface area contributed by atoms with Gasteiger partial charge in [0.25, 0.3) is 0 Å². The molecular formula is C12H18BrNO2. The molecule has 4 heteroatoms. The Labute approximate surface area is 105 Å². The smallest absolute Gasteiger partial charge is 0.133 e. The molecule has 0 heterocycles. The van der Waals surface area contributed by atoms with Gasteiger partial charge in [-0.15, -0.1) is 0 Å². The number of benzene rings is 1. The van der Waals surface area contributed by atoms with Crippen molar-refractivity contribution in [2.24, 2.45) is 0 Å². The first-order valence-corrected chi connectivity index (χ1v) is 5.99. The van der Waals surface area contributed by atoms with E-state index in [0.717, 1.165) is 28.0 Å².